The Morgan fingerprint density at radius 3 is 2.12 bits per heavy atom. The maximum Gasteiger partial charge on any atom is 0.162 e. The number of likely N-dealkylation sites (tertiary alicyclic amines) is 1. The first-order valence-corrected chi connectivity index (χ1v) is 9.44. The smallest absolute Gasteiger partial charge is 0.162 e. The topological polar surface area (TPSA) is 40.5 Å². The molecule has 3 nitrogen and oxygen atoms in total. The highest BCUT2D eigenvalue weighted by Gasteiger charge is 2.24. The summed E-state index contributed by atoms with van der Waals surface area (Å²) in [5.74, 6) is -0.0511. The van der Waals surface area contributed by atoms with E-state index >= 15 is 0 Å². The highest BCUT2D eigenvalue weighted by molar-refractivity contribution is 6.30. The molecule has 0 bridgehead atoms. The Bertz CT molecular complexity index is 777. The van der Waals surface area contributed by atoms with Gasteiger partial charge in [-0.05, 0) is 67.9 Å². The minimum Gasteiger partial charge on any atom is -0.507 e. The molecule has 0 amide bonds. The van der Waals surface area contributed by atoms with Crippen molar-refractivity contribution in [1.29, 1.82) is 0 Å². The van der Waals surface area contributed by atoms with Crippen molar-refractivity contribution in [2.24, 2.45) is 5.92 Å². The van der Waals surface area contributed by atoms with E-state index in [2.05, 4.69) is 4.90 Å². The Hall–Kier alpha value is -1.81. The summed E-state index contributed by atoms with van der Waals surface area (Å²) in [7, 11) is 0. The van der Waals surface area contributed by atoms with Crippen molar-refractivity contribution in [1.82, 2.24) is 4.90 Å². The number of hydrogen-bond donors (Lipinski definition) is 1. The normalized spacial score (nSPS) is 16.6. The van der Waals surface area contributed by atoms with E-state index in [1.54, 1.807) is 24.3 Å². The van der Waals surface area contributed by atoms with Crippen molar-refractivity contribution in [3.8, 4) is 0 Å². The molecule has 0 aliphatic carbocycles. The number of benzene rings is 2. The molecule has 3 rings (SSSR count). The average molecular weight is 390 g/mol. The zero-order valence-electron chi connectivity index (χ0n) is 14.4. The zero-order valence-corrected chi connectivity index (χ0v) is 15.9. The third-order valence-corrected chi connectivity index (χ3v) is 5.23. The third-order valence-electron chi connectivity index (χ3n) is 4.73. The van der Waals surface area contributed by atoms with Gasteiger partial charge in [-0.3, -0.25) is 9.69 Å². The van der Waals surface area contributed by atoms with Crippen LogP contribution in [0.15, 0.2) is 54.6 Å². The van der Waals surface area contributed by atoms with Crippen LogP contribution in [0.25, 0.3) is 5.76 Å². The monoisotopic (exact) mass is 389 g/mol. The maximum absolute atomic E-state index is 12.5. The second-order valence-electron chi connectivity index (χ2n) is 6.62. The molecule has 1 aliphatic rings. The minimum atomic E-state index is -0.0362. The Morgan fingerprint density at radius 2 is 1.54 bits per heavy atom. The van der Waals surface area contributed by atoms with Crippen LogP contribution in [0, 0.1) is 5.92 Å². The van der Waals surface area contributed by atoms with Crippen LogP contribution in [0.2, 0.25) is 10.0 Å². The number of carbonyl (C=O) groups is 1. The number of aliphatic hydroxyl groups excluding tert-OH is 1. The molecule has 1 fully saturated rings. The maximum atomic E-state index is 12.5. The van der Waals surface area contributed by atoms with Crippen molar-refractivity contribution in [3.05, 3.63) is 75.8 Å². The predicted octanol–water partition coefficient (Wildman–Crippen LogP) is 5.37. The number of rotatable bonds is 5. The predicted molar refractivity (Wildman–Crippen MR) is 107 cm³/mol. The molecule has 1 saturated heterocycles. The molecular formula is C21H21Cl2NO2. The zero-order chi connectivity index (χ0) is 18.5. The summed E-state index contributed by atoms with van der Waals surface area (Å²) in [6.45, 7) is 2.60. The van der Waals surface area contributed by atoms with E-state index in [0.29, 0.717) is 10.6 Å². The molecule has 1 heterocycles. The van der Waals surface area contributed by atoms with E-state index in [-0.39, 0.29) is 17.5 Å². The molecule has 26 heavy (non-hydrogen) atoms. The first kappa shape index (κ1) is 19.0. The number of nitrogens with zero attached hydrogens (tertiary/aromatic N) is 1. The van der Waals surface area contributed by atoms with Crippen LogP contribution in [0.1, 0.15) is 24.0 Å². The van der Waals surface area contributed by atoms with E-state index in [4.69, 9.17) is 23.2 Å². The molecule has 2 aromatic rings. The largest absolute Gasteiger partial charge is 0.507 e. The number of halogens is 2. The molecule has 136 valence electrons. The lowest BCUT2D eigenvalue weighted by Gasteiger charge is -2.30. The van der Waals surface area contributed by atoms with Crippen molar-refractivity contribution in [2.45, 2.75) is 19.4 Å². The molecule has 2 aromatic carbocycles. The lowest BCUT2D eigenvalue weighted by atomic mass is 9.91. The van der Waals surface area contributed by atoms with Crippen LogP contribution in [-0.2, 0) is 11.3 Å². The molecule has 0 aromatic heterocycles. The quantitative estimate of drug-likeness (QED) is 0.551. The summed E-state index contributed by atoms with van der Waals surface area (Å²) >= 11 is 11.8. The number of ketones is 1. The van der Waals surface area contributed by atoms with E-state index in [1.165, 1.54) is 11.6 Å². The average Bonchev–Trinajstić information content (AvgIpc) is 2.64. The first-order valence-electron chi connectivity index (χ1n) is 8.68. The number of allylic oxidation sites excluding steroid dienone is 1. The Labute approximate surface area is 163 Å². The molecule has 0 atom stereocenters. The van der Waals surface area contributed by atoms with Gasteiger partial charge in [0.15, 0.2) is 5.78 Å². The lowest BCUT2D eigenvalue weighted by Crippen LogP contribution is -2.35. The van der Waals surface area contributed by atoms with Crippen LogP contribution in [0.3, 0.4) is 0 Å². The number of aliphatic hydroxyl groups is 1. The summed E-state index contributed by atoms with van der Waals surface area (Å²) in [5.41, 5.74) is 1.82. The number of hydrogen-bond acceptors (Lipinski definition) is 3. The molecule has 0 saturated carbocycles. The lowest BCUT2D eigenvalue weighted by molar-refractivity contribution is -0.119. The van der Waals surface area contributed by atoms with Gasteiger partial charge in [0.05, 0.1) is 0 Å². The summed E-state index contributed by atoms with van der Waals surface area (Å²) < 4.78 is 0. The highest BCUT2D eigenvalue weighted by atomic mass is 35.5. The molecule has 0 radical (unpaired) electrons. The van der Waals surface area contributed by atoms with Gasteiger partial charge >= 0.3 is 0 Å². The summed E-state index contributed by atoms with van der Waals surface area (Å²) in [6.07, 6.45) is 2.95. The number of carbonyl (C=O) groups excluding carboxylic acids is 1. The van der Waals surface area contributed by atoms with Crippen LogP contribution in [-0.4, -0.2) is 28.9 Å². The van der Waals surface area contributed by atoms with Crippen LogP contribution in [0.4, 0.5) is 0 Å². The van der Waals surface area contributed by atoms with Crippen molar-refractivity contribution in [3.63, 3.8) is 0 Å². The van der Waals surface area contributed by atoms with Gasteiger partial charge in [0.25, 0.3) is 0 Å². The molecule has 5 heteroatoms. The Kier molecular flexibility index (Phi) is 6.36. The number of piperidine rings is 1. The fraction of sp³-hybridized carbons (Fsp3) is 0.286. The molecular weight excluding hydrogens is 369 g/mol. The second kappa shape index (κ2) is 8.72. The van der Waals surface area contributed by atoms with Gasteiger partial charge in [0.2, 0.25) is 0 Å². The van der Waals surface area contributed by atoms with Gasteiger partial charge in [0, 0.05) is 34.1 Å². The fourth-order valence-corrected chi connectivity index (χ4v) is 3.43. The minimum absolute atomic E-state index is 0.00439. The van der Waals surface area contributed by atoms with Gasteiger partial charge in [-0.15, -0.1) is 0 Å². The second-order valence-corrected chi connectivity index (χ2v) is 7.49. The van der Waals surface area contributed by atoms with Crippen LogP contribution < -0.4 is 0 Å². The first-order chi connectivity index (χ1) is 12.5. The summed E-state index contributed by atoms with van der Waals surface area (Å²) in [5, 5.41) is 11.5. The van der Waals surface area contributed by atoms with Gasteiger partial charge in [0.1, 0.15) is 5.76 Å². The molecule has 0 unspecified atom stereocenters. The standard InChI is InChI=1S/C21H21Cl2NO2/c22-18-5-1-15(2-6-18)14-24-11-9-17(10-12-24)21(26)13-20(25)16-3-7-19(23)8-4-16/h1-8,13,17,25H,9-12,14H2/b20-13-. The SMILES string of the molecule is O=C(/C=C(\O)c1ccc(Cl)cc1)C1CCN(Cc2ccc(Cl)cc2)CC1. The molecule has 1 aliphatic heterocycles. The van der Waals surface area contributed by atoms with Crippen molar-refractivity contribution in [2.75, 3.05) is 13.1 Å². The van der Waals surface area contributed by atoms with Crippen LogP contribution >= 0.6 is 23.2 Å². The highest BCUT2D eigenvalue weighted by Crippen LogP contribution is 2.23. The van der Waals surface area contributed by atoms with Gasteiger partial charge in [-0.1, -0.05) is 35.3 Å². The third kappa shape index (κ3) is 5.10. The molecule has 1 N–H and O–H groups in total. The van der Waals surface area contributed by atoms with E-state index in [1.807, 2.05) is 24.3 Å². The molecule has 0 spiro atoms. The Morgan fingerprint density at radius 1 is 1.00 bits per heavy atom. The summed E-state index contributed by atoms with van der Waals surface area (Å²) in [4.78, 5) is 14.8. The van der Waals surface area contributed by atoms with Crippen molar-refractivity contribution >= 4 is 34.7 Å². The fourth-order valence-electron chi connectivity index (χ4n) is 3.18. The van der Waals surface area contributed by atoms with Gasteiger partial charge < -0.3 is 5.11 Å². The van der Waals surface area contributed by atoms with E-state index < -0.39 is 0 Å². The van der Waals surface area contributed by atoms with E-state index in [0.717, 1.165) is 37.5 Å². The van der Waals surface area contributed by atoms with Gasteiger partial charge in [-0.25, -0.2) is 0 Å². The summed E-state index contributed by atoms with van der Waals surface area (Å²) in [6, 6.07) is 14.7. The van der Waals surface area contributed by atoms with Crippen LogP contribution in [0.5, 0.6) is 0 Å². The van der Waals surface area contributed by atoms with Gasteiger partial charge in [-0.2, -0.15) is 0 Å². The van der Waals surface area contributed by atoms with E-state index in [9.17, 15) is 9.90 Å². The van der Waals surface area contributed by atoms with Crippen molar-refractivity contribution < 1.29 is 9.90 Å². The Balaban J connectivity index is 1.53.